The molecule has 1 N–H and O–H groups in total. The molecular formula is C14H10Cl2O3. The number of benzene rings is 2. The van der Waals surface area contributed by atoms with Crippen LogP contribution in [0, 0.1) is 0 Å². The molecule has 2 rings (SSSR count). The van der Waals surface area contributed by atoms with Crippen LogP contribution in [0.2, 0.25) is 10.0 Å². The van der Waals surface area contributed by atoms with Gasteiger partial charge in [0, 0.05) is 11.1 Å². The third kappa shape index (κ3) is 2.67. The van der Waals surface area contributed by atoms with Gasteiger partial charge < -0.3 is 9.84 Å². The van der Waals surface area contributed by atoms with Gasteiger partial charge in [0.1, 0.15) is 16.5 Å². The van der Waals surface area contributed by atoms with E-state index in [9.17, 15) is 9.90 Å². The molecule has 98 valence electrons. The van der Waals surface area contributed by atoms with E-state index in [1.165, 1.54) is 12.1 Å². The van der Waals surface area contributed by atoms with Gasteiger partial charge in [-0.05, 0) is 36.4 Å². The number of aromatic hydroxyl groups is 1. The summed E-state index contributed by atoms with van der Waals surface area (Å²) in [5, 5.41) is 9.42. The third-order valence-corrected chi connectivity index (χ3v) is 3.53. The Labute approximate surface area is 120 Å². The lowest BCUT2D eigenvalue weighted by atomic mass is 10.0. The molecule has 0 heterocycles. The van der Waals surface area contributed by atoms with Crippen LogP contribution in [0.15, 0.2) is 36.4 Å². The summed E-state index contributed by atoms with van der Waals surface area (Å²) in [6.07, 6.45) is 0. The summed E-state index contributed by atoms with van der Waals surface area (Å²) in [6.45, 7) is 0. The summed E-state index contributed by atoms with van der Waals surface area (Å²) in [5.41, 5.74) is 0.707. The molecule has 0 aliphatic rings. The number of phenolic OH excluding ortho intramolecular Hbond substituents is 1. The molecule has 19 heavy (non-hydrogen) atoms. The minimum Gasteiger partial charge on any atom is -0.506 e. The average Bonchev–Trinajstić information content (AvgIpc) is 2.44. The highest BCUT2D eigenvalue weighted by Crippen LogP contribution is 2.34. The van der Waals surface area contributed by atoms with Crippen molar-refractivity contribution >= 4 is 29.0 Å². The van der Waals surface area contributed by atoms with Gasteiger partial charge in [-0.3, -0.25) is 4.79 Å². The van der Waals surface area contributed by atoms with Gasteiger partial charge in [0.2, 0.25) is 0 Å². The summed E-state index contributed by atoms with van der Waals surface area (Å²) in [6, 6.07) is 9.42. The highest BCUT2D eigenvalue weighted by Gasteiger charge is 2.17. The van der Waals surface area contributed by atoms with Crippen LogP contribution >= 0.6 is 23.2 Å². The lowest BCUT2D eigenvalue weighted by Gasteiger charge is -2.07. The van der Waals surface area contributed by atoms with Crippen LogP contribution in [0.5, 0.6) is 11.5 Å². The monoisotopic (exact) mass is 296 g/mol. The fourth-order valence-corrected chi connectivity index (χ4v) is 2.02. The number of carbonyl (C=O) groups excluding carboxylic acids is 1. The number of halogens is 2. The largest absolute Gasteiger partial charge is 0.506 e. The maximum atomic E-state index is 12.3. The molecular weight excluding hydrogens is 287 g/mol. The van der Waals surface area contributed by atoms with Crippen molar-refractivity contribution in [1.82, 2.24) is 0 Å². The van der Waals surface area contributed by atoms with Crippen LogP contribution < -0.4 is 4.74 Å². The van der Waals surface area contributed by atoms with Crippen LogP contribution in [-0.2, 0) is 0 Å². The van der Waals surface area contributed by atoms with Crippen molar-refractivity contribution in [3.8, 4) is 11.5 Å². The molecule has 5 heteroatoms. The number of ketones is 1. The normalized spacial score (nSPS) is 10.3. The zero-order valence-electron chi connectivity index (χ0n) is 9.98. The molecule has 0 radical (unpaired) electrons. The van der Waals surface area contributed by atoms with E-state index in [0.717, 1.165) is 0 Å². The van der Waals surface area contributed by atoms with Crippen molar-refractivity contribution in [3.63, 3.8) is 0 Å². The Kier molecular flexibility index (Phi) is 3.98. The van der Waals surface area contributed by atoms with E-state index in [0.29, 0.717) is 11.3 Å². The number of hydrogen-bond acceptors (Lipinski definition) is 3. The molecule has 2 aromatic carbocycles. The number of ether oxygens (including phenoxy) is 1. The van der Waals surface area contributed by atoms with Gasteiger partial charge in [-0.25, -0.2) is 0 Å². The first kappa shape index (κ1) is 13.7. The fourth-order valence-electron chi connectivity index (χ4n) is 1.61. The second-order valence-electron chi connectivity index (χ2n) is 3.82. The van der Waals surface area contributed by atoms with Crippen LogP contribution in [-0.4, -0.2) is 18.0 Å². The molecule has 0 saturated carbocycles. The predicted octanol–water partition coefficient (Wildman–Crippen LogP) is 3.94. The van der Waals surface area contributed by atoms with Crippen LogP contribution in [0.25, 0.3) is 0 Å². The second kappa shape index (κ2) is 5.51. The van der Waals surface area contributed by atoms with E-state index < -0.39 is 0 Å². The fraction of sp³-hybridized carbons (Fsp3) is 0.0714. The summed E-state index contributed by atoms with van der Waals surface area (Å²) < 4.78 is 5.02. The van der Waals surface area contributed by atoms with E-state index in [2.05, 4.69) is 0 Å². The molecule has 3 nitrogen and oxygen atoms in total. The minimum absolute atomic E-state index is 0.0268. The maximum absolute atomic E-state index is 12.3. The molecule has 0 bridgehead atoms. The summed E-state index contributed by atoms with van der Waals surface area (Å²) in [4.78, 5) is 12.3. The molecule has 0 spiro atoms. The molecule has 0 atom stereocenters. The Hall–Kier alpha value is -1.71. The van der Waals surface area contributed by atoms with Crippen molar-refractivity contribution in [2.45, 2.75) is 0 Å². The lowest BCUT2D eigenvalue weighted by molar-refractivity contribution is 0.103. The minimum atomic E-state index is -0.269. The SMILES string of the molecule is COc1ccc(C(=O)c2ccc(O)c(Cl)c2Cl)cc1. The highest BCUT2D eigenvalue weighted by molar-refractivity contribution is 6.45. The average molecular weight is 297 g/mol. The van der Waals surface area contributed by atoms with Gasteiger partial charge in [0.05, 0.1) is 12.1 Å². The summed E-state index contributed by atoms with van der Waals surface area (Å²) in [5.74, 6) is 0.235. The van der Waals surface area contributed by atoms with Gasteiger partial charge >= 0.3 is 0 Å². The smallest absolute Gasteiger partial charge is 0.194 e. The van der Waals surface area contributed by atoms with Gasteiger partial charge in [-0.1, -0.05) is 23.2 Å². The van der Waals surface area contributed by atoms with Crippen molar-refractivity contribution < 1.29 is 14.6 Å². The number of carbonyl (C=O) groups is 1. The van der Waals surface area contributed by atoms with Crippen LogP contribution in [0.4, 0.5) is 0 Å². The first-order chi connectivity index (χ1) is 9.04. The topological polar surface area (TPSA) is 46.5 Å². The predicted molar refractivity (Wildman–Crippen MR) is 74.6 cm³/mol. The molecule has 0 fully saturated rings. The molecule has 0 saturated heterocycles. The van der Waals surface area contributed by atoms with E-state index in [-0.39, 0.29) is 27.1 Å². The standard InChI is InChI=1S/C14H10Cl2O3/c1-19-9-4-2-8(3-5-9)14(18)10-6-7-11(17)13(16)12(10)15/h2-7,17H,1H3. The number of hydrogen-bond donors (Lipinski definition) is 1. The first-order valence-corrected chi connectivity index (χ1v) is 6.16. The van der Waals surface area contributed by atoms with Gasteiger partial charge in [-0.2, -0.15) is 0 Å². The van der Waals surface area contributed by atoms with Crippen LogP contribution in [0.3, 0.4) is 0 Å². The third-order valence-electron chi connectivity index (χ3n) is 2.66. The maximum Gasteiger partial charge on any atom is 0.194 e. The summed E-state index contributed by atoms with van der Waals surface area (Å²) in [7, 11) is 1.55. The molecule has 0 aromatic heterocycles. The summed E-state index contributed by atoms with van der Waals surface area (Å²) >= 11 is 11.8. The van der Waals surface area contributed by atoms with Crippen molar-refractivity contribution in [1.29, 1.82) is 0 Å². The molecule has 0 aliphatic heterocycles. The lowest BCUT2D eigenvalue weighted by Crippen LogP contribution is -2.02. The van der Waals surface area contributed by atoms with Crippen molar-refractivity contribution in [3.05, 3.63) is 57.6 Å². The molecule has 0 aliphatic carbocycles. The number of phenols is 1. The Morgan fingerprint density at radius 3 is 2.26 bits per heavy atom. The zero-order chi connectivity index (χ0) is 14.0. The highest BCUT2D eigenvalue weighted by atomic mass is 35.5. The molecule has 2 aromatic rings. The van der Waals surface area contributed by atoms with E-state index >= 15 is 0 Å². The number of methoxy groups -OCH3 is 1. The van der Waals surface area contributed by atoms with E-state index in [1.807, 2.05) is 0 Å². The van der Waals surface area contributed by atoms with E-state index in [1.54, 1.807) is 31.4 Å². The Morgan fingerprint density at radius 1 is 1.05 bits per heavy atom. The molecule has 0 amide bonds. The van der Waals surface area contributed by atoms with Gasteiger partial charge in [-0.15, -0.1) is 0 Å². The molecule has 0 unspecified atom stereocenters. The van der Waals surface area contributed by atoms with Crippen molar-refractivity contribution in [2.24, 2.45) is 0 Å². The Morgan fingerprint density at radius 2 is 1.68 bits per heavy atom. The second-order valence-corrected chi connectivity index (χ2v) is 4.57. The number of rotatable bonds is 3. The van der Waals surface area contributed by atoms with Gasteiger partial charge in [0.25, 0.3) is 0 Å². The van der Waals surface area contributed by atoms with Crippen LogP contribution in [0.1, 0.15) is 15.9 Å². The van der Waals surface area contributed by atoms with Gasteiger partial charge in [0.15, 0.2) is 5.78 Å². The first-order valence-electron chi connectivity index (χ1n) is 5.40. The van der Waals surface area contributed by atoms with E-state index in [4.69, 9.17) is 27.9 Å². The zero-order valence-corrected chi connectivity index (χ0v) is 11.5. The van der Waals surface area contributed by atoms with Crippen molar-refractivity contribution in [2.75, 3.05) is 7.11 Å². The Balaban J connectivity index is 2.41. The Bertz CT molecular complexity index is 621. The quantitative estimate of drug-likeness (QED) is 0.873.